The lowest BCUT2D eigenvalue weighted by Crippen LogP contribution is -2.07. The van der Waals surface area contributed by atoms with E-state index in [2.05, 4.69) is 4.74 Å². The minimum absolute atomic E-state index is 0.0492. The summed E-state index contributed by atoms with van der Waals surface area (Å²) in [5.74, 6) is 0.789. The van der Waals surface area contributed by atoms with Gasteiger partial charge in [0.25, 0.3) is 0 Å². The summed E-state index contributed by atoms with van der Waals surface area (Å²) < 4.78 is 9.52. The van der Waals surface area contributed by atoms with Gasteiger partial charge in [0.1, 0.15) is 17.2 Å². The summed E-state index contributed by atoms with van der Waals surface area (Å²) in [6, 6.07) is 2.88. The van der Waals surface area contributed by atoms with E-state index < -0.39 is 0 Å². The molecule has 4 heteroatoms. The second kappa shape index (κ2) is 5.46. The van der Waals surface area contributed by atoms with Crippen molar-refractivity contribution in [1.82, 2.24) is 0 Å². The molecule has 0 fully saturated rings. The molecule has 0 atom stereocenters. The number of phenolic OH excluding ortho intramolecular Hbond substituents is 2. The van der Waals surface area contributed by atoms with Crippen molar-refractivity contribution < 1.29 is 19.7 Å². The van der Waals surface area contributed by atoms with E-state index in [1.165, 1.54) is 12.1 Å². The third-order valence-corrected chi connectivity index (χ3v) is 2.00. The number of fused-ring (bicyclic) bond motifs is 1. The van der Waals surface area contributed by atoms with Gasteiger partial charge in [0.2, 0.25) is 0 Å². The molecule has 84 valence electrons. The van der Waals surface area contributed by atoms with Crippen LogP contribution >= 0.6 is 0 Å². The van der Waals surface area contributed by atoms with E-state index in [-0.39, 0.29) is 11.5 Å². The van der Waals surface area contributed by atoms with Crippen molar-refractivity contribution in [2.45, 2.75) is 12.8 Å². The van der Waals surface area contributed by atoms with Gasteiger partial charge in [0, 0.05) is 31.9 Å². The summed E-state index contributed by atoms with van der Waals surface area (Å²) in [7, 11) is 3.25. The van der Waals surface area contributed by atoms with Crippen LogP contribution < -0.4 is 4.74 Å². The highest BCUT2D eigenvalue weighted by atomic mass is 16.5. The molecular formula is C11H16O4. The van der Waals surface area contributed by atoms with Gasteiger partial charge < -0.3 is 19.7 Å². The number of aromatic hydroxyl groups is 2. The van der Waals surface area contributed by atoms with Crippen LogP contribution in [0.5, 0.6) is 17.2 Å². The number of methoxy groups -OCH3 is 1. The number of ether oxygens (including phenoxy) is 2. The van der Waals surface area contributed by atoms with Crippen LogP contribution in [-0.2, 0) is 11.2 Å². The van der Waals surface area contributed by atoms with Gasteiger partial charge in [-0.05, 0) is 12.8 Å². The summed E-state index contributed by atoms with van der Waals surface area (Å²) in [6.07, 6.45) is 1.74. The molecule has 2 rings (SSSR count). The zero-order valence-corrected chi connectivity index (χ0v) is 8.99. The topological polar surface area (TPSA) is 58.9 Å². The Hall–Kier alpha value is -1.42. The van der Waals surface area contributed by atoms with Crippen LogP contribution in [0.2, 0.25) is 0 Å². The van der Waals surface area contributed by atoms with Crippen molar-refractivity contribution in [3.8, 4) is 17.2 Å². The summed E-state index contributed by atoms with van der Waals surface area (Å²) >= 11 is 0. The summed E-state index contributed by atoms with van der Waals surface area (Å²) in [5, 5.41) is 18.5. The maximum Gasteiger partial charge on any atom is 0.129 e. The first kappa shape index (κ1) is 11.7. The van der Waals surface area contributed by atoms with Gasteiger partial charge in [0.05, 0.1) is 6.61 Å². The maximum absolute atomic E-state index is 9.40. The molecule has 15 heavy (non-hydrogen) atoms. The van der Waals surface area contributed by atoms with Gasteiger partial charge in [-0.25, -0.2) is 0 Å². The molecule has 1 heterocycles. The van der Waals surface area contributed by atoms with E-state index in [0.717, 1.165) is 18.4 Å². The fraction of sp³-hybridized carbons (Fsp3) is 0.455. The molecule has 1 aliphatic heterocycles. The van der Waals surface area contributed by atoms with Gasteiger partial charge in [0.15, 0.2) is 0 Å². The van der Waals surface area contributed by atoms with Gasteiger partial charge in [-0.15, -0.1) is 0 Å². The van der Waals surface area contributed by atoms with Crippen LogP contribution in [0.25, 0.3) is 0 Å². The minimum atomic E-state index is 0.0492. The molecule has 1 aromatic rings. The van der Waals surface area contributed by atoms with E-state index in [4.69, 9.17) is 9.84 Å². The highest BCUT2D eigenvalue weighted by molar-refractivity contribution is 5.50. The molecule has 0 radical (unpaired) electrons. The van der Waals surface area contributed by atoms with Gasteiger partial charge in [-0.1, -0.05) is 0 Å². The smallest absolute Gasteiger partial charge is 0.129 e. The largest absolute Gasteiger partial charge is 0.508 e. The van der Waals surface area contributed by atoms with E-state index >= 15 is 0 Å². The predicted molar refractivity (Wildman–Crippen MR) is 56.5 cm³/mol. The fourth-order valence-corrected chi connectivity index (χ4v) is 1.43. The molecular weight excluding hydrogens is 196 g/mol. The number of hydrogen-bond donors (Lipinski definition) is 2. The van der Waals surface area contributed by atoms with E-state index in [1.54, 1.807) is 14.2 Å². The summed E-state index contributed by atoms with van der Waals surface area (Å²) in [6.45, 7) is 0.663. The van der Waals surface area contributed by atoms with Gasteiger partial charge in [-0.2, -0.15) is 0 Å². The lowest BCUT2D eigenvalue weighted by atomic mass is 10.1. The Morgan fingerprint density at radius 1 is 1.27 bits per heavy atom. The lowest BCUT2D eigenvalue weighted by Gasteiger charge is -2.17. The summed E-state index contributed by atoms with van der Waals surface area (Å²) in [4.78, 5) is 0. The molecule has 0 aromatic heterocycles. The monoisotopic (exact) mass is 212 g/mol. The Labute approximate surface area is 89.1 Å². The van der Waals surface area contributed by atoms with Crippen LogP contribution in [0.3, 0.4) is 0 Å². The fourth-order valence-electron chi connectivity index (χ4n) is 1.43. The molecule has 0 spiro atoms. The number of rotatable bonds is 0. The molecule has 0 bridgehead atoms. The highest BCUT2D eigenvalue weighted by Crippen LogP contribution is 2.35. The average Bonchev–Trinajstić information content (AvgIpc) is 2.18. The Kier molecular flexibility index (Phi) is 4.24. The molecule has 0 amide bonds. The van der Waals surface area contributed by atoms with Crippen LogP contribution in [0.1, 0.15) is 12.0 Å². The third-order valence-electron chi connectivity index (χ3n) is 2.00. The van der Waals surface area contributed by atoms with Crippen LogP contribution in [0.15, 0.2) is 12.1 Å². The van der Waals surface area contributed by atoms with Crippen LogP contribution in [0, 0.1) is 0 Å². The molecule has 0 saturated heterocycles. The second-order valence-corrected chi connectivity index (χ2v) is 3.30. The minimum Gasteiger partial charge on any atom is -0.508 e. The number of benzene rings is 1. The SMILES string of the molecule is COC.Oc1cc(O)c2c(c1)OCCC2. The van der Waals surface area contributed by atoms with Crippen molar-refractivity contribution in [1.29, 1.82) is 0 Å². The summed E-state index contributed by atoms with van der Waals surface area (Å²) in [5.41, 5.74) is 0.805. The molecule has 1 aromatic carbocycles. The number of phenols is 2. The van der Waals surface area contributed by atoms with Crippen molar-refractivity contribution in [2.75, 3.05) is 20.8 Å². The van der Waals surface area contributed by atoms with Crippen molar-refractivity contribution in [2.24, 2.45) is 0 Å². The zero-order valence-electron chi connectivity index (χ0n) is 8.99. The third kappa shape index (κ3) is 3.02. The first-order chi connectivity index (χ1) is 7.19. The normalized spacial score (nSPS) is 13.2. The van der Waals surface area contributed by atoms with Crippen molar-refractivity contribution >= 4 is 0 Å². The van der Waals surface area contributed by atoms with Crippen LogP contribution in [0.4, 0.5) is 0 Å². The maximum atomic E-state index is 9.40. The van der Waals surface area contributed by atoms with Crippen LogP contribution in [-0.4, -0.2) is 31.0 Å². The van der Waals surface area contributed by atoms with E-state index in [9.17, 15) is 5.11 Å². The molecule has 1 aliphatic rings. The molecule has 0 saturated carbocycles. The Morgan fingerprint density at radius 3 is 2.60 bits per heavy atom. The van der Waals surface area contributed by atoms with Crippen molar-refractivity contribution in [3.05, 3.63) is 17.7 Å². The quantitative estimate of drug-likeness (QED) is 0.687. The molecule has 2 N–H and O–H groups in total. The van der Waals surface area contributed by atoms with Crippen molar-refractivity contribution in [3.63, 3.8) is 0 Å². The Bertz CT molecular complexity index is 323. The van der Waals surface area contributed by atoms with E-state index in [1.807, 2.05) is 0 Å². The molecule has 0 unspecified atom stereocenters. The highest BCUT2D eigenvalue weighted by Gasteiger charge is 2.15. The molecule has 0 aliphatic carbocycles. The standard InChI is InChI=1S/C9H10O3.C2H6O/c10-6-4-8(11)7-2-1-3-12-9(7)5-6;1-3-2/h4-5,10-11H,1-3H2;1-2H3. The first-order valence-electron chi connectivity index (χ1n) is 4.76. The second-order valence-electron chi connectivity index (χ2n) is 3.30. The predicted octanol–water partition coefficient (Wildman–Crippen LogP) is 1.69. The average molecular weight is 212 g/mol. The Balaban J connectivity index is 0.000000337. The Morgan fingerprint density at radius 2 is 1.93 bits per heavy atom. The molecule has 4 nitrogen and oxygen atoms in total. The van der Waals surface area contributed by atoms with E-state index in [0.29, 0.717) is 12.4 Å². The van der Waals surface area contributed by atoms with Gasteiger partial charge in [-0.3, -0.25) is 0 Å². The zero-order chi connectivity index (χ0) is 11.3. The first-order valence-corrected chi connectivity index (χ1v) is 4.76. The van der Waals surface area contributed by atoms with Gasteiger partial charge >= 0.3 is 0 Å². The lowest BCUT2D eigenvalue weighted by molar-refractivity contribution is 0.277. The number of hydrogen-bond acceptors (Lipinski definition) is 4.